The molecular formula is C20H18Cl2F3N3O4. The molecule has 1 saturated heterocycles. The normalized spacial score (nSPS) is 17.3. The van der Waals surface area contributed by atoms with E-state index < -0.39 is 18.1 Å². The van der Waals surface area contributed by atoms with Gasteiger partial charge in [-0.1, -0.05) is 23.2 Å². The van der Waals surface area contributed by atoms with Crippen molar-refractivity contribution in [2.75, 3.05) is 38.2 Å². The Morgan fingerprint density at radius 1 is 1.03 bits per heavy atom. The molecule has 32 heavy (non-hydrogen) atoms. The lowest BCUT2D eigenvalue weighted by atomic mass is 10.2. The average Bonchev–Trinajstić information content (AvgIpc) is 3.12. The third kappa shape index (κ3) is 4.16. The van der Waals surface area contributed by atoms with Gasteiger partial charge in [-0.2, -0.15) is 13.2 Å². The Hall–Kier alpha value is -2.72. The number of alkyl halides is 3. The van der Waals surface area contributed by atoms with Gasteiger partial charge in [-0.15, -0.1) is 0 Å². The Kier molecular flexibility index (Phi) is 5.85. The third-order valence-corrected chi connectivity index (χ3v) is 5.87. The van der Waals surface area contributed by atoms with Crippen molar-refractivity contribution in [1.82, 2.24) is 10.2 Å². The summed E-state index contributed by atoms with van der Waals surface area (Å²) in [6.07, 6.45) is -5.08. The number of carbonyl (C=O) groups is 1. The number of hydrogen-bond donors (Lipinski definition) is 1. The van der Waals surface area contributed by atoms with E-state index in [1.807, 2.05) is 34.5 Å². The SMILES string of the molecule is COc1ccc(N2CCN(C(=O)NC3(C(F)(F)F)Oc4cc(Cl)c(Cl)cc4O3)CC2)cc1. The average molecular weight is 492 g/mol. The molecule has 1 N–H and O–H groups in total. The summed E-state index contributed by atoms with van der Waals surface area (Å²) in [6.45, 7) is 1.28. The highest BCUT2D eigenvalue weighted by Crippen LogP contribution is 2.48. The quantitative estimate of drug-likeness (QED) is 0.683. The molecule has 0 radical (unpaired) electrons. The van der Waals surface area contributed by atoms with Crippen molar-refractivity contribution in [2.24, 2.45) is 0 Å². The smallest absolute Gasteiger partial charge is 0.492 e. The summed E-state index contributed by atoms with van der Waals surface area (Å²) in [5.74, 6) is -3.22. The Bertz CT molecular complexity index is 981. The van der Waals surface area contributed by atoms with E-state index in [-0.39, 0.29) is 34.6 Å². The molecule has 4 rings (SSSR count). The Morgan fingerprint density at radius 2 is 1.56 bits per heavy atom. The zero-order chi connectivity index (χ0) is 23.1. The van der Waals surface area contributed by atoms with E-state index in [2.05, 4.69) is 0 Å². The molecule has 2 amide bonds. The first-order valence-corrected chi connectivity index (χ1v) is 10.3. The minimum Gasteiger partial charge on any atom is -0.497 e. The van der Waals surface area contributed by atoms with Crippen LogP contribution in [0.5, 0.6) is 17.2 Å². The van der Waals surface area contributed by atoms with Gasteiger partial charge in [0.2, 0.25) is 0 Å². The van der Waals surface area contributed by atoms with Gasteiger partial charge in [0.1, 0.15) is 5.75 Å². The molecule has 172 valence electrons. The first kappa shape index (κ1) is 22.5. The lowest BCUT2D eigenvalue weighted by Gasteiger charge is -2.38. The fourth-order valence-corrected chi connectivity index (χ4v) is 3.73. The molecule has 7 nitrogen and oxygen atoms in total. The number of amides is 2. The van der Waals surface area contributed by atoms with Crippen LogP contribution in [0, 0.1) is 0 Å². The van der Waals surface area contributed by atoms with E-state index in [0.29, 0.717) is 18.8 Å². The number of ether oxygens (including phenoxy) is 3. The number of nitrogens with one attached hydrogen (secondary N) is 1. The highest BCUT2D eigenvalue weighted by molar-refractivity contribution is 6.42. The number of hydrogen-bond acceptors (Lipinski definition) is 5. The van der Waals surface area contributed by atoms with Gasteiger partial charge in [0.25, 0.3) is 0 Å². The Balaban J connectivity index is 1.44. The largest absolute Gasteiger partial charge is 0.497 e. The minimum atomic E-state index is -5.08. The lowest BCUT2D eigenvalue weighted by molar-refractivity contribution is -0.318. The van der Waals surface area contributed by atoms with Gasteiger partial charge in [0, 0.05) is 44.0 Å². The molecular weight excluding hydrogens is 474 g/mol. The van der Waals surface area contributed by atoms with E-state index in [0.717, 1.165) is 17.8 Å². The van der Waals surface area contributed by atoms with Crippen molar-refractivity contribution in [2.45, 2.75) is 12.1 Å². The summed E-state index contributed by atoms with van der Waals surface area (Å²) in [6, 6.07) is 8.61. The second-order valence-electron chi connectivity index (χ2n) is 7.13. The number of rotatable bonds is 3. The number of benzene rings is 2. The number of nitrogens with zero attached hydrogens (tertiary/aromatic N) is 2. The molecule has 0 bridgehead atoms. The Labute approximate surface area is 191 Å². The fourth-order valence-electron chi connectivity index (χ4n) is 3.42. The van der Waals surface area contributed by atoms with Crippen LogP contribution in [0.25, 0.3) is 0 Å². The monoisotopic (exact) mass is 491 g/mol. The molecule has 2 heterocycles. The van der Waals surface area contributed by atoms with E-state index >= 15 is 0 Å². The topological polar surface area (TPSA) is 63.3 Å². The summed E-state index contributed by atoms with van der Waals surface area (Å²) in [5, 5.41) is 1.84. The van der Waals surface area contributed by atoms with Gasteiger partial charge in [0.05, 0.1) is 17.2 Å². The van der Waals surface area contributed by atoms with E-state index in [1.54, 1.807) is 7.11 Å². The molecule has 0 atom stereocenters. The number of halogens is 5. The van der Waals surface area contributed by atoms with Crippen LogP contribution in [0.2, 0.25) is 10.0 Å². The molecule has 0 spiro atoms. The summed E-state index contributed by atoms with van der Waals surface area (Å²) >= 11 is 11.7. The number of carbonyl (C=O) groups excluding carboxylic acids is 1. The highest BCUT2D eigenvalue weighted by atomic mass is 35.5. The predicted molar refractivity (Wildman–Crippen MR) is 112 cm³/mol. The lowest BCUT2D eigenvalue weighted by Crippen LogP contribution is -2.67. The minimum absolute atomic E-state index is 0.00651. The number of anilines is 1. The molecule has 2 aliphatic heterocycles. The summed E-state index contributed by atoms with van der Waals surface area (Å²) < 4.78 is 56.8. The van der Waals surface area contributed by atoms with Crippen molar-refractivity contribution in [3.63, 3.8) is 0 Å². The predicted octanol–water partition coefficient (Wildman–Crippen LogP) is 4.52. The molecule has 2 aliphatic rings. The second kappa shape index (κ2) is 8.32. The van der Waals surface area contributed by atoms with E-state index in [4.69, 9.17) is 37.4 Å². The maximum atomic E-state index is 13.9. The highest BCUT2D eigenvalue weighted by Gasteiger charge is 2.66. The van der Waals surface area contributed by atoms with Crippen LogP contribution < -0.4 is 24.4 Å². The van der Waals surface area contributed by atoms with Crippen LogP contribution in [0.3, 0.4) is 0 Å². The van der Waals surface area contributed by atoms with Crippen LogP contribution in [0.4, 0.5) is 23.7 Å². The first-order chi connectivity index (χ1) is 15.1. The fraction of sp³-hybridized carbons (Fsp3) is 0.350. The zero-order valence-electron chi connectivity index (χ0n) is 16.7. The third-order valence-electron chi connectivity index (χ3n) is 5.14. The molecule has 0 unspecified atom stereocenters. The molecule has 0 aromatic heterocycles. The summed E-state index contributed by atoms with van der Waals surface area (Å²) in [7, 11) is 1.57. The van der Waals surface area contributed by atoms with E-state index in [9.17, 15) is 18.0 Å². The van der Waals surface area contributed by atoms with Crippen LogP contribution in [-0.2, 0) is 0 Å². The van der Waals surface area contributed by atoms with Crippen molar-refractivity contribution < 1.29 is 32.2 Å². The van der Waals surface area contributed by atoms with Crippen molar-refractivity contribution in [3.8, 4) is 17.2 Å². The number of methoxy groups -OCH3 is 1. The van der Waals surface area contributed by atoms with Gasteiger partial charge in [0.15, 0.2) is 11.5 Å². The van der Waals surface area contributed by atoms with Gasteiger partial charge in [-0.05, 0) is 24.3 Å². The van der Waals surface area contributed by atoms with Gasteiger partial charge < -0.3 is 24.0 Å². The molecule has 0 saturated carbocycles. The molecule has 2 aromatic rings. The number of urea groups is 1. The maximum Gasteiger partial charge on any atom is 0.492 e. The van der Waals surface area contributed by atoms with Gasteiger partial charge in [-0.3, -0.25) is 5.32 Å². The number of fused-ring (bicyclic) bond motifs is 1. The standard InChI is InChI=1S/C20H18Cl2F3N3O4/c1-30-13-4-2-12(3-5-13)27-6-8-28(9-7-27)18(29)26-20(19(23,24)25)31-16-10-14(21)15(22)11-17(16)32-20/h2-5,10-11H,6-9H2,1H3,(H,26,29). The van der Waals surface area contributed by atoms with Crippen LogP contribution in [0.15, 0.2) is 36.4 Å². The van der Waals surface area contributed by atoms with Gasteiger partial charge >= 0.3 is 18.1 Å². The first-order valence-electron chi connectivity index (χ1n) is 9.52. The molecule has 0 aliphatic carbocycles. The molecule has 12 heteroatoms. The summed E-state index contributed by atoms with van der Waals surface area (Å²) in [5.41, 5.74) is 0.921. The van der Waals surface area contributed by atoms with Crippen molar-refractivity contribution in [1.29, 1.82) is 0 Å². The van der Waals surface area contributed by atoms with E-state index in [1.165, 1.54) is 4.90 Å². The van der Waals surface area contributed by atoms with Crippen molar-refractivity contribution >= 4 is 34.9 Å². The maximum absolute atomic E-state index is 13.9. The van der Waals surface area contributed by atoms with Crippen LogP contribution in [-0.4, -0.2) is 56.3 Å². The van der Waals surface area contributed by atoms with Crippen LogP contribution >= 0.6 is 23.2 Å². The second-order valence-corrected chi connectivity index (χ2v) is 7.95. The Morgan fingerprint density at radius 3 is 2.03 bits per heavy atom. The number of piperazine rings is 1. The van der Waals surface area contributed by atoms with Gasteiger partial charge in [-0.25, -0.2) is 4.79 Å². The summed E-state index contributed by atoms with van der Waals surface area (Å²) in [4.78, 5) is 16.0. The zero-order valence-corrected chi connectivity index (χ0v) is 18.2. The van der Waals surface area contributed by atoms with Crippen LogP contribution in [0.1, 0.15) is 0 Å². The molecule has 2 aromatic carbocycles. The van der Waals surface area contributed by atoms with Crippen molar-refractivity contribution in [3.05, 3.63) is 46.4 Å². The molecule has 1 fully saturated rings.